The quantitative estimate of drug-likeness (QED) is 0.755. The highest BCUT2D eigenvalue weighted by Gasteiger charge is 2.19. The highest BCUT2D eigenvalue weighted by Crippen LogP contribution is 2.21. The number of carbonyl (C=O) groups excluding carboxylic acids is 1. The van der Waals surface area contributed by atoms with Crippen molar-refractivity contribution in [3.05, 3.63) is 0 Å². The van der Waals surface area contributed by atoms with Crippen molar-refractivity contribution in [3.8, 4) is 0 Å². The van der Waals surface area contributed by atoms with Crippen LogP contribution in [0.2, 0.25) is 0 Å². The topological polar surface area (TPSA) is 35.6 Å². The summed E-state index contributed by atoms with van der Waals surface area (Å²) in [6, 6.07) is 0.776. The van der Waals surface area contributed by atoms with E-state index in [1.54, 1.807) is 0 Å². The number of nitrogens with zero attached hydrogens (tertiary/aromatic N) is 2. The number of likely N-dealkylation sites (tertiary alicyclic amines) is 1. The van der Waals surface area contributed by atoms with E-state index in [1.807, 2.05) is 4.90 Å². The van der Waals surface area contributed by atoms with Crippen molar-refractivity contribution in [2.45, 2.75) is 57.4 Å². The Morgan fingerprint density at radius 2 is 1.75 bits per heavy atom. The summed E-state index contributed by atoms with van der Waals surface area (Å²) in [7, 11) is 2.22. The van der Waals surface area contributed by atoms with Crippen molar-refractivity contribution in [1.29, 1.82) is 0 Å². The first-order valence-corrected chi connectivity index (χ1v) is 8.46. The molecule has 1 aliphatic heterocycles. The molecule has 0 bridgehead atoms. The molecule has 0 aromatic carbocycles. The molecule has 116 valence electrons. The Bertz CT molecular complexity index is 281. The summed E-state index contributed by atoms with van der Waals surface area (Å²) in [5.41, 5.74) is 0. The fourth-order valence-corrected chi connectivity index (χ4v) is 3.41. The van der Waals surface area contributed by atoms with E-state index in [-0.39, 0.29) is 5.91 Å². The molecule has 4 nitrogen and oxygen atoms in total. The van der Waals surface area contributed by atoms with E-state index in [2.05, 4.69) is 17.3 Å². The van der Waals surface area contributed by atoms with Gasteiger partial charge in [0.2, 0.25) is 5.91 Å². The molecule has 1 heterocycles. The number of amides is 1. The molecule has 2 fully saturated rings. The van der Waals surface area contributed by atoms with Crippen LogP contribution in [-0.2, 0) is 4.79 Å². The first-order valence-electron chi connectivity index (χ1n) is 8.46. The molecule has 1 N–H and O–H groups in total. The van der Waals surface area contributed by atoms with Crippen LogP contribution in [0.25, 0.3) is 0 Å². The lowest BCUT2D eigenvalue weighted by Gasteiger charge is -2.24. The van der Waals surface area contributed by atoms with Crippen molar-refractivity contribution < 1.29 is 4.79 Å². The standard InChI is InChI=1S/C16H31N3O/c1-18(15-8-4-5-9-15)13-10-17-14-16(20)19-11-6-2-3-7-12-19/h15,17H,2-14H2,1H3. The average molecular weight is 281 g/mol. The fourth-order valence-electron chi connectivity index (χ4n) is 3.41. The first-order chi connectivity index (χ1) is 9.77. The van der Waals surface area contributed by atoms with Gasteiger partial charge in [0.15, 0.2) is 0 Å². The number of hydrogen-bond acceptors (Lipinski definition) is 3. The molecule has 0 atom stereocenters. The minimum atomic E-state index is 0.287. The van der Waals surface area contributed by atoms with E-state index < -0.39 is 0 Å². The maximum absolute atomic E-state index is 12.1. The number of hydrogen-bond donors (Lipinski definition) is 1. The second-order valence-electron chi connectivity index (χ2n) is 6.39. The van der Waals surface area contributed by atoms with Gasteiger partial charge in [-0.2, -0.15) is 0 Å². The van der Waals surface area contributed by atoms with Crippen LogP contribution >= 0.6 is 0 Å². The van der Waals surface area contributed by atoms with Crippen LogP contribution in [0, 0.1) is 0 Å². The SMILES string of the molecule is CN(CCNCC(=O)N1CCCCCC1)C1CCCC1. The third kappa shape index (κ3) is 5.06. The third-order valence-corrected chi connectivity index (χ3v) is 4.82. The number of rotatable bonds is 6. The van der Waals surface area contributed by atoms with Gasteiger partial charge >= 0.3 is 0 Å². The van der Waals surface area contributed by atoms with Crippen molar-refractivity contribution in [3.63, 3.8) is 0 Å². The van der Waals surface area contributed by atoms with Crippen LogP contribution in [0.5, 0.6) is 0 Å². The molecule has 0 unspecified atom stereocenters. The highest BCUT2D eigenvalue weighted by atomic mass is 16.2. The lowest BCUT2D eigenvalue weighted by Crippen LogP contribution is -2.41. The minimum absolute atomic E-state index is 0.287. The van der Waals surface area contributed by atoms with Gasteiger partial charge in [-0.25, -0.2) is 0 Å². The van der Waals surface area contributed by atoms with Crippen LogP contribution < -0.4 is 5.32 Å². The summed E-state index contributed by atoms with van der Waals surface area (Å²) in [5.74, 6) is 0.287. The smallest absolute Gasteiger partial charge is 0.236 e. The molecule has 0 aromatic heterocycles. The zero-order valence-corrected chi connectivity index (χ0v) is 13.1. The molecular formula is C16H31N3O. The third-order valence-electron chi connectivity index (χ3n) is 4.82. The number of carbonyl (C=O) groups is 1. The molecule has 1 aliphatic carbocycles. The van der Waals surface area contributed by atoms with E-state index in [4.69, 9.17) is 0 Å². The van der Waals surface area contributed by atoms with E-state index in [9.17, 15) is 4.79 Å². The van der Waals surface area contributed by atoms with Crippen molar-refractivity contribution in [2.24, 2.45) is 0 Å². The molecule has 4 heteroatoms. The Hall–Kier alpha value is -0.610. The van der Waals surface area contributed by atoms with Crippen LogP contribution in [0.4, 0.5) is 0 Å². The Labute approximate surface area is 123 Å². The van der Waals surface area contributed by atoms with Gasteiger partial charge in [-0.1, -0.05) is 25.7 Å². The molecule has 1 saturated heterocycles. The van der Waals surface area contributed by atoms with Gasteiger partial charge < -0.3 is 15.1 Å². The molecule has 2 rings (SSSR count). The van der Waals surface area contributed by atoms with Gasteiger partial charge in [-0.05, 0) is 32.7 Å². The molecule has 0 spiro atoms. The summed E-state index contributed by atoms with van der Waals surface area (Å²) in [5, 5.41) is 3.32. The Balaban J connectivity index is 1.56. The maximum atomic E-state index is 12.1. The lowest BCUT2D eigenvalue weighted by atomic mass is 10.2. The van der Waals surface area contributed by atoms with E-state index in [0.717, 1.165) is 32.2 Å². The van der Waals surface area contributed by atoms with Crippen LogP contribution in [0.15, 0.2) is 0 Å². The molecule has 1 amide bonds. The van der Waals surface area contributed by atoms with Crippen LogP contribution in [-0.4, -0.2) is 61.5 Å². The molecule has 0 aromatic rings. The molecule has 1 saturated carbocycles. The summed E-state index contributed by atoms with van der Waals surface area (Å²) < 4.78 is 0. The number of likely N-dealkylation sites (N-methyl/N-ethyl adjacent to an activating group) is 1. The van der Waals surface area contributed by atoms with Gasteiger partial charge in [0.25, 0.3) is 0 Å². The summed E-state index contributed by atoms with van der Waals surface area (Å²) in [6.07, 6.45) is 10.4. The Morgan fingerprint density at radius 1 is 1.10 bits per heavy atom. The van der Waals surface area contributed by atoms with Gasteiger partial charge in [0.05, 0.1) is 6.54 Å². The molecule has 2 aliphatic rings. The van der Waals surface area contributed by atoms with Gasteiger partial charge in [0.1, 0.15) is 0 Å². The van der Waals surface area contributed by atoms with Gasteiger partial charge in [-0.15, -0.1) is 0 Å². The zero-order valence-electron chi connectivity index (χ0n) is 13.1. The van der Waals surface area contributed by atoms with Crippen LogP contribution in [0.3, 0.4) is 0 Å². The van der Waals surface area contributed by atoms with Gasteiger partial charge in [-0.3, -0.25) is 4.79 Å². The predicted octanol–water partition coefficient (Wildman–Crippen LogP) is 1.85. The van der Waals surface area contributed by atoms with E-state index in [0.29, 0.717) is 6.54 Å². The molecule has 20 heavy (non-hydrogen) atoms. The lowest BCUT2D eigenvalue weighted by molar-refractivity contribution is -0.130. The average Bonchev–Trinajstić information content (AvgIpc) is 2.85. The fraction of sp³-hybridized carbons (Fsp3) is 0.938. The summed E-state index contributed by atoms with van der Waals surface area (Å²) >= 11 is 0. The van der Waals surface area contributed by atoms with Crippen molar-refractivity contribution in [2.75, 3.05) is 39.8 Å². The monoisotopic (exact) mass is 281 g/mol. The largest absolute Gasteiger partial charge is 0.342 e. The Kier molecular flexibility index (Phi) is 6.80. The summed E-state index contributed by atoms with van der Waals surface area (Å²) in [4.78, 5) is 16.6. The zero-order chi connectivity index (χ0) is 14.2. The maximum Gasteiger partial charge on any atom is 0.236 e. The van der Waals surface area contributed by atoms with Crippen molar-refractivity contribution in [1.82, 2.24) is 15.1 Å². The van der Waals surface area contributed by atoms with Gasteiger partial charge in [0, 0.05) is 32.2 Å². The molecule has 0 radical (unpaired) electrons. The number of nitrogens with one attached hydrogen (secondary N) is 1. The highest BCUT2D eigenvalue weighted by molar-refractivity contribution is 5.78. The summed E-state index contributed by atoms with van der Waals surface area (Å²) in [6.45, 7) is 4.41. The van der Waals surface area contributed by atoms with Crippen molar-refractivity contribution >= 4 is 5.91 Å². The minimum Gasteiger partial charge on any atom is -0.342 e. The van der Waals surface area contributed by atoms with E-state index >= 15 is 0 Å². The predicted molar refractivity (Wildman–Crippen MR) is 82.8 cm³/mol. The first kappa shape index (κ1) is 15.8. The second kappa shape index (κ2) is 8.63. The normalized spacial score (nSPS) is 21.4. The second-order valence-corrected chi connectivity index (χ2v) is 6.39. The van der Waals surface area contributed by atoms with Crippen LogP contribution in [0.1, 0.15) is 51.4 Å². The Morgan fingerprint density at radius 3 is 2.40 bits per heavy atom. The van der Waals surface area contributed by atoms with E-state index in [1.165, 1.54) is 51.4 Å². The molecular weight excluding hydrogens is 250 g/mol.